The zero-order valence-corrected chi connectivity index (χ0v) is 8.61. The van der Waals surface area contributed by atoms with Crippen LogP contribution >= 0.6 is 28.3 Å². The lowest BCUT2D eigenvalue weighted by molar-refractivity contribution is 0.321. The van der Waals surface area contributed by atoms with E-state index in [9.17, 15) is 0 Å². The number of nitrogens with one attached hydrogen (secondary N) is 1. The first-order chi connectivity index (χ1) is 5.36. The molecular formula is C7H8BrClN2O. The first-order valence-corrected chi connectivity index (χ1v) is 4.18. The molecule has 0 bridgehead atoms. The van der Waals surface area contributed by atoms with Gasteiger partial charge in [0.05, 0.1) is 6.54 Å². The van der Waals surface area contributed by atoms with Gasteiger partial charge in [-0.25, -0.2) is 4.98 Å². The molecule has 0 atom stereocenters. The van der Waals surface area contributed by atoms with Gasteiger partial charge >= 0.3 is 0 Å². The first kappa shape index (κ1) is 9.61. The van der Waals surface area contributed by atoms with E-state index >= 15 is 0 Å². The first-order valence-electron chi connectivity index (χ1n) is 3.38. The maximum Gasteiger partial charge on any atom is 0.168 e. The van der Waals surface area contributed by atoms with Crippen LogP contribution in [-0.4, -0.2) is 18.1 Å². The second kappa shape index (κ2) is 3.96. The number of rotatable bonds is 0. The van der Waals surface area contributed by atoms with Gasteiger partial charge in [-0.15, -0.1) is 12.4 Å². The average molecular weight is 252 g/mol. The SMILES string of the molecule is Brc1cnc2c(c1)OCCN2.Cl. The van der Waals surface area contributed by atoms with Crippen LogP contribution in [0.5, 0.6) is 5.75 Å². The van der Waals surface area contributed by atoms with E-state index in [1.807, 2.05) is 6.07 Å². The molecule has 3 nitrogen and oxygen atoms in total. The van der Waals surface area contributed by atoms with E-state index in [-0.39, 0.29) is 12.4 Å². The van der Waals surface area contributed by atoms with E-state index in [0.29, 0.717) is 6.61 Å². The summed E-state index contributed by atoms with van der Waals surface area (Å²) in [6, 6.07) is 1.91. The number of aromatic nitrogens is 1. The van der Waals surface area contributed by atoms with Crippen molar-refractivity contribution < 1.29 is 4.74 Å². The van der Waals surface area contributed by atoms with Crippen LogP contribution in [0.25, 0.3) is 0 Å². The van der Waals surface area contributed by atoms with Gasteiger partial charge < -0.3 is 10.1 Å². The van der Waals surface area contributed by atoms with Crippen molar-refractivity contribution in [3.05, 3.63) is 16.7 Å². The third-order valence-electron chi connectivity index (χ3n) is 1.47. The van der Waals surface area contributed by atoms with Crippen LogP contribution in [0.3, 0.4) is 0 Å². The van der Waals surface area contributed by atoms with Crippen molar-refractivity contribution in [3.63, 3.8) is 0 Å². The van der Waals surface area contributed by atoms with Crippen molar-refractivity contribution >= 4 is 34.2 Å². The van der Waals surface area contributed by atoms with Gasteiger partial charge in [-0.2, -0.15) is 0 Å². The molecule has 0 radical (unpaired) electrons. The number of hydrogen-bond donors (Lipinski definition) is 1. The Labute approximate surface area is 85.1 Å². The molecule has 5 heteroatoms. The summed E-state index contributed by atoms with van der Waals surface area (Å²) in [5.41, 5.74) is 0. The number of fused-ring (bicyclic) bond motifs is 1. The smallest absolute Gasteiger partial charge is 0.168 e. The molecule has 0 saturated heterocycles. The monoisotopic (exact) mass is 250 g/mol. The summed E-state index contributed by atoms with van der Waals surface area (Å²) in [5.74, 6) is 1.66. The van der Waals surface area contributed by atoms with Crippen molar-refractivity contribution in [1.82, 2.24) is 4.98 Å². The average Bonchev–Trinajstić information content (AvgIpc) is 2.04. The predicted molar refractivity (Wildman–Crippen MR) is 53.2 cm³/mol. The summed E-state index contributed by atoms with van der Waals surface area (Å²) in [5, 5.41) is 3.13. The normalized spacial score (nSPS) is 13.4. The highest BCUT2D eigenvalue weighted by Gasteiger charge is 2.09. The number of halogens is 2. The Balaban J connectivity index is 0.000000720. The van der Waals surface area contributed by atoms with E-state index in [1.54, 1.807) is 6.20 Å². The summed E-state index contributed by atoms with van der Waals surface area (Å²) in [4.78, 5) is 4.14. The van der Waals surface area contributed by atoms with E-state index in [1.165, 1.54) is 0 Å². The summed E-state index contributed by atoms with van der Waals surface area (Å²) in [7, 11) is 0. The topological polar surface area (TPSA) is 34.1 Å². The summed E-state index contributed by atoms with van der Waals surface area (Å²) in [6.07, 6.45) is 1.75. The van der Waals surface area contributed by atoms with Crippen molar-refractivity contribution in [2.75, 3.05) is 18.5 Å². The Kier molecular flexibility index (Phi) is 3.17. The van der Waals surface area contributed by atoms with Crippen LogP contribution in [-0.2, 0) is 0 Å². The summed E-state index contributed by atoms with van der Waals surface area (Å²) >= 11 is 3.32. The third-order valence-corrected chi connectivity index (χ3v) is 1.91. The molecule has 0 unspecified atom stereocenters. The predicted octanol–water partition coefficient (Wildman–Crippen LogP) is 2.07. The van der Waals surface area contributed by atoms with Gasteiger partial charge in [0.25, 0.3) is 0 Å². The molecule has 1 N–H and O–H groups in total. The maximum atomic E-state index is 5.35. The molecule has 1 aliphatic heterocycles. The van der Waals surface area contributed by atoms with Gasteiger partial charge in [0.15, 0.2) is 11.6 Å². The van der Waals surface area contributed by atoms with Crippen LogP contribution in [0.15, 0.2) is 16.7 Å². The molecule has 1 aliphatic rings. The quantitative estimate of drug-likeness (QED) is 0.766. The molecule has 2 rings (SSSR count). The number of ether oxygens (including phenoxy) is 1. The van der Waals surface area contributed by atoms with Crippen LogP contribution in [0, 0.1) is 0 Å². The molecule has 2 heterocycles. The van der Waals surface area contributed by atoms with Crippen LogP contribution < -0.4 is 10.1 Å². The largest absolute Gasteiger partial charge is 0.488 e. The second-order valence-electron chi connectivity index (χ2n) is 2.28. The highest BCUT2D eigenvalue weighted by Crippen LogP contribution is 2.27. The lowest BCUT2D eigenvalue weighted by Crippen LogP contribution is -2.18. The van der Waals surface area contributed by atoms with Crippen LogP contribution in [0.4, 0.5) is 5.82 Å². The Morgan fingerprint density at radius 3 is 3.25 bits per heavy atom. The fourth-order valence-electron chi connectivity index (χ4n) is 0.994. The fraction of sp³-hybridized carbons (Fsp3) is 0.286. The Morgan fingerprint density at radius 2 is 2.42 bits per heavy atom. The Bertz CT molecular complexity index is 282. The van der Waals surface area contributed by atoms with Gasteiger partial charge in [0.2, 0.25) is 0 Å². The van der Waals surface area contributed by atoms with Gasteiger partial charge in [-0.1, -0.05) is 0 Å². The van der Waals surface area contributed by atoms with Crippen molar-refractivity contribution in [1.29, 1.82) is 0 Å². The van der Waals surface area contributed by atoms with Crippen LogP contribution in [0.2, 0.25) is 0 Å². The highest BCUT2D eigenvalue weighted by atomic mass is 79.9. The van der Waals surface area contributed by atoms with Gasteiger partial charge in [0, 0.05) is 10.7 Å². The molecule has 0 amide bonds. The Morgan fingerprint density at radius 1 is 1.58 bits per heavy atom. The standard InChI is InChI=1S/C7H7BrN2O.ClH/c8-5-3-6-7(10-4-5)9-1-2-11-6;/h3-4H,1-2H2,(H,9,10);1H. The zero-order valence-electron chi connectivity index (χ0n) is 6.21. The minimum Gasteiger partial charge on any atom is -0.488 e. The number of anilines is 1. The third kappa shape index (κ3) is 1.81. The number of hydrogen-bond acceptors (Lipinski definition) is 3. The molecule has 66 valence electrons. The molecule has 0 fully saturated rings. The molecule has 1 aromatic heterocycles. The molecule has 1 aromatic rings. The van der Waals surface area contributed by atoms with Crippen molar-refractivity contribution in [2.24, 2.45) is 0 Å². The lowest BCUT2D eigenvalue weighted by atomic mass is 10.4. The van der Waals surface area contributed by atoms with Crippen molar-refractivity contribution in [2.45, 2.75) is 0 Å². The Hall–Kier alpha value is -0.480. The van der Waals surface area contributed by atoms with Gasteiger partial charge in [0.1, 0.15) is 6.61 Å². The summed E-state index contributed by atoms with van der Waals surface area (Å²) < 4.78 is 6.29. The van der Waals surface area contributed by atoms with Gasteiger partial charge in [-0.3, -0.25) is 0 Å². The minimum absolute atomic E-state index is 0. The lowest BCUT2D eigenvalue weighted by Gasteiger charge is -2.17. The number of pyridine rings is 1. The van der Waals surface area contributed by atoms with E-state index in [2.05, 4.69) is 26.2 Å². The van der Waals surface area contributed by atoms with Gasteiger partial charge in [-0.05, 0) is 22.0 Å². The molecule has 12 heavy (non-hydrogen) atoms. The maximum absolute atomic E-state index is 5.35. The van der Waals surface area contributed by atoms with E-state index in [4.69, 9.17) is 4.74 Å². The van der Waals surface area contributed by atoms with E-state index < -0.39 is 0 Å². The zero-order chi connectivity index (χ0) is 7.68. The molecule has 0 aliphatic carbocycles. The molecular weight excluding hydrogens is 243 g/mol. The minimum atomic E-state index is 0. The van der Waals surface area contributed by atoms with Crippen molar-refractivity contribution in [3.8, 4) is 5.75 Å². The second-order valence-corrected chi connectivity index (χ2v) is 3.19. The van der Waals surface area contributed by atoms with Crippen LogP contribution in [0.1, 0.15) is 0 Å². The molecule has 0 aromatic carbocycles. The fourth-order valence-corrected chi connectivity index (χ4v) is 1.30. The highest BCUT2D eigenvalue weighted by molar-refractivity contribution is 9.10. The summed E-state index contributed by atoms with van der Waals surface area (Å²) in [6.45, 7) is 1.55. The number of nitrogens with zero attached hydrogens (tertiary/aromatic N) is 1. The molecule has 0 spiro atoms. The molecule has 0 saturated carbocycles. The van der Waals surface area contributed by atoms with E-state index in [0.717, 1.165) is 22.6 Å².